The van der Waals surface area contributed by atoms with E-state index in [0.29, 0.717) is 23.8 Å². The van der Waals surface area contributed by atoms with Gasteiger partial charge in [0.15, 0.2) is 0 Å². The third-order valence-electron chi connectivity index (χ3n) is 4.62. The van der Waals surface area contributed by atoms with E-state index in [1.54, 1.807) is 12.1 Å². The highest BCUT2D eigenvalue weighted by molar-refractivity contribution is 5.93. The van der Waals surface area contributed by atoms with Crippen LogP contribution in [0.2, 0.25) is 0 Å². The Bertz CT molecular complexity index is 649. The molecule has 1 aliphatic rings. The summed E-state index contributed by atoms with van der Waals surface area (Å²) in [5.41, 5.74) is 7.52. The fourth-order valence-electron chi connectivity index (χ4n) is 3.18. The molecule has 0 bridgehead atoms. The molecule has 5 nitrogen and oxygen atoms in total. The first-order chi connectivity index (χ1) is 11.7. The SMILES string of the molecule is Nc1ccc(C(=O)NCCN2CCC(c3ccccc3)CC2)cn1. The maximum atomic E-state index is 12.0. The molecule has 1 fully saturated rings. The lowest BCUT2D eigenvalue weighted by Crippen LogP contribution is -2.39. The lowest BCUT2D eigenvalue weighted by Gasteiger charge is -2.32. The summed E-state index contributed by atoms with van der Waals surface area (Å²) in [4.78, 5) is 18.4. The van der Waals surface area contributed by atoms with E-state index in [-0.39, 0.29) is 5.91 Å². The van der Waals surface area contributed by atoms with E-state index in [1.807, 2.05) is 0 Å². The van der Waals surface area contributed by atoms with Crippen LogP contribution in [0.1, 0.15) is 34.7 Å². The molecule has 5 heteroatoms. The average Bonchev–Trinajstić information content (AvgIpc) is 2.63. The van der Waals surface area contributed by atoms with Gasteiger partial charge >= 0.3 is 0 Å². The molecule has 0 saturated carbocycles. The first kappa shape index (κ1) is 16.5. The minimum Gasteiger partial charge on any atom is -0.384 e. The number of aromatic nitrogens is 1. The molecule has 0 aliphatic carbocycles. The number of carbonyl (C=O) groups is 1. The van der Waals surface area contributed by atoms with Gasteiger partial charge in [0.25, 0.3) is 5.91 Å². The smallest absolute Gasteiger partial charge is 0.252 e. The molecular weight excluding hydrogens is 300 g/mol. The maximum Gasteiger partial charge on any atom is 0.252 e. The van der Waals surface area contributed by atoms with Crippen molar-refractivity contribution >= 4 is 11.7 Å². The molecule has 2 aromatic rings. The Labute approximate surface area is 142 Å². The number of rotatable bonds is 5. The molecule has 1 aliphatic heterocycles. The Balaban J connectivity index is 1.39. The molecule has 3 rings (SSSR count). The highest BCUT2D eigenvalue weighted by Crippen LogP contribution is 2.27. The van der Waals surface area contributed by atoms with Crippen molar-refractivity contribution in [3.05, 3.63) is 59.8 Å². The highest BCUT2D eigenvalue weighted by atomic mass is 16.1. The van der Waals surface area contributed by atoms with Gasteiger partial charge in [-0.3, -0.25) is 4.79 Å². The highest BCUT2D eigenvalue weighted by Gasteiger charge is 2.20. The van der Waals surface area contributed by atoms with Crippen LogP contribution in [0, 0.1) is 0 Å². The number of piperidine rings is 1. The summed E-state index contributed by atoms with van der Waals surface area (Å²) >= 11 is 0. The molecule has 126 valence electrons. The van der Waals surface area contributed by atoms with Gasteiger partial charge in [-0.2, -0.15) is 0 Å². The zero-order chi connectivity index (χ0) is 16.8. The van der Waals surface area contributed by atoms with Crippen LogP contribution < -0.4 is 11.1 Å². The molecule has 1 aromatic carbocycles. The summed E-state index contributed by atoms with van der Waals surface area (Å²) in [6.07, 6.45) is 3.87. The molecule has 1 aromatic heterocycles. The predicted octanol–water partition coefficient (Wildman–Crippen LogP) is 2.27. The van der Waals surface area contributed by atoms with E-state index in [0.717, 1.165) is 19.6 Å². The van der Waals surface area contributed by atoms with Crippen LogP contribution in [0.25, 0.3) is 0 Å². The van der Waals surface area contributed by atoms with Gasteiger partial charge in [0.1, 0.15) is 5.82 Å². The van der Waals surface area contributed by atoms with Crippen molar-refractivity contribution in [2.24, 2.45) is 0 Å². The van der Waals surface area contributed by atoms with E-state index >= 15 is 0 Å². The minimum absolute atomic E-state index is 0.0957. The van der Waals surface area contributed by atoms with Crippen LogP contribution in [0.4, 0.5) is 5.82 Å². The van der Waals surface area contributed by atoms with Crippen LogP contribution in [0.5, 0.6) is 0 Å². The first-order valence-corrected chi connectivity index (χ1v) is 8.49. The van der Waals surface area contributed by atoms with Crippen LogP contribution in [-0.2, 0) is 0 Å². The summed E-state index contributed by atoms with van der Waals surface area (Å²) in [7, 11) is 0. The van der Waals surface area contributed by atoms with Crippen molar-refractivity contribution in [3.8, 4) is 0 Å². The minimum atomic E-state index is -0.0957. The second kappa shape index (κ2) is 7.93. The molecule has 1 saturated heterocycles. The van der Waals surface area contributed by atoms with Gasteiger partial charge in [-0.25, -0.2) is 4.98 Å². The van der Waals surface area contributed by atoms with E-state index in [1.165, 1.54) is 24.6 Å². The van der Waals surface area contributed by atoms with Crippen LogP contribution >= 0.6 is 0 Å². The van der Waals surface area contributed by atoms with Gasteiger partial charge in [0.05, 0.1) is 5.56 Å². The Morgan fingerprint density at radius 2 is 1.92 bits per heavy atom. The Morgan fingerprint density at radius 3 is 2.58 bits per heavy atom. The number of amides is 1. The quantitative estimate of drug-likeness (QED) is 0.885. The molecule has 3 N–H and O–H groups in total. The molecule has 24 heavy (non-hydrogen) atoms. The summed E-state index contributed by atoms with van der Waals surface area (Å²) < 4.78 is 0. The number of nitrogens with two attached hydrogens (primary N) is 1. The van der Waals surface area contributed by atoms with Gasteiger partial charge in [0.2, 0.25) is 0 Å². The molecule has 1 amide bonds. The zero-order valence-corrected chi connectivity index (χ0v) is 13.8. The fraction of sp³-hybridized carbons (Fsp3) is 0.368. The number of hydrogen-bond acceptors (Lipinski definition) is 4. The molecule has 0 unspecified atom stereocenters. The van der Waals surface area contributed by atoms with Gasteiger partial charge in [-0.15, -0.1) is 0 Å². The summed E-state index contributed by atoms with van der Waals surface area (Å²) in [6.45, 7) is 3.70. The lowest BCUT2D eigenvalue weighted by atomic mass is 9.89. The van der Waals surface area contributed by atoms with Gasteiger partial charge in [-0.05, 0) is 49.5 Å². The summed E-state index contributed by atoms with van der Waals surface area (Å²) in [6, 6.07) is 14.1. The van der Waals surface area contributed by atoms with Crippen molar-refractivity contribution in [3.63, 3.8) is 0 Å². The number of nitrogens with one attached hydrogen (secondary N) is 1. The van der Waals surface area contributed by atoms with Crippen LogP contribution in [-0.4, -0.2) is 42.0 Å². The third kappa shape index (κ3) is 4.32. The Morgan fingerprint density at radius 1 is 1.17 bits per heavy atom. The van der Waals surface area contributed by atoms with Gasteiger partial charge in [0, 0.05) is 19.3 Å². The van der Waals surface area contributed by atoms with Crippen LogP contribution in [0.15, 0.2) is 48.7 Å². The number of likely N-dealkylation sites (tertiary alicyclic amines) is 1. The molecule has 2 heterocycles. The van der Waals surface area contributed by atoms with Crippen molar-refractivity contribution in [2.45, 2.75) is 18.8 Å². The number of benzene rings is 1. The van der Waals surface area contributed by atoms with Gasteiger partial charge < -0.3 is 16.0 Å². The molecule has 0 radical (unpaired) electrons. The third-order valence-corrected chi connectivity index (χ3v) is 4.62. The van der Waals surface area contributed by atoms with Crippen molar-refractivity contribution in [1.82, 2.24) is 15.2 Å². The van der Waals surface area contributed by atoms with E-state index < -0.39 is 0 Å². The van der Waals surface area contributed by atoms with E-state index in [2.05, 4.69) is 45.5 Å². The van der Waals surface area contributed by atoms with Crippen LogP contribution in [0.3, 0.4) is 0 Å². The van der Waals surface area contributed by atoms with Crippen molar-refractivity contribution in [1.29, 1.82) is 0 Å². The standard InChI is InChI=1S/C19H24N4O/c20-18-7-6-17(14-22-18)19(24)21-10-13-23-11-8-16(9-12-23)15-4-2-1-3-5-15/h1-7,14,16H,8-13H2,(H2,20,22)(H,21,24). The number of carbonyl (C=O) groups excluding carboxylic acids is 1. The van der Waals surface area contributed by atoms with E-state index in [4.69, 9.17) is 5.73 Å². The summed E-state index contributed by atoms with van der Waals surface area (Å²) in [5, 5.41) is 2.95. The molecule has 0 atom stereocenters. The number of pyridine rings is 1. The number of nitrogen functional groups attached to an aromatic ring is 1. The first-order valence-electron chi connectivity index (χ1n) is 8.49. The maximum absolute atomic E-state index is 12.0. The van der Waals surface area contributed by atoms with Gasteiger partial charge in [-0.1, -0.05) is 30.3 Å². The molecular formula is C19H24N4O. The zero-order valence-electron chi connectivity index (χ0n) is 13.8. The van der Waals surface area contributed by atoms with E-state index in [9.17, 15) is 4.79 Å². The number of nitrogens with zero attached hydrogens (tertiary/aromatic N) is 2. The predicted molar refractivity (Wildman–Crippen MR) is 95.8 cm³/mol. The normalized spacial score (nSPS) is 16.0. The van der Waals surface area contributed by atoms with Crippen molar-refractivity contribution < 1.29 is 4.79 Å². The summed E-state index contributed by atoms with van der Waals surface area (Å²) in [5.74, 6) is 0.993. The molecule has 0 spiro atoms. The van der Waals surface area contributed by atoms with Crippen molar-refractivity contribution in [2.75, 3.05) is 31.9 Å². The second-order valence-corrected chi connectivity index (χ2v) is 6.25. The number of hydrogen-bond donors (Lipinski definition) is 2. The average molecular weight is 324 g/mol. The fourth-order valence-corrected chi connectivity index (χ4v) is 3.18. The largest absolute Gasteiger partial charge is 0.384 e. The lowest BCUT2D eigenvalue weighted by molar-refractivity contribution is 0.0945. The Kier molecular flexibility index (Phi) is 5.43. The second-order valence-electron chi connectivity index (χ2n) is 6.25. The number of anilines is 1. The Hall–Kier alpha value is -2.40. The topological polar surface area (TPSA) is 71.2 Å². The monoisotopic (exact) mass is 324 g/mol.